The molecule has 1 aliphatic carbocycles. The van der Waals surface area contributed by atoms with Crippen molar-refractivity contribution in [3.05, 3.63) is 94.5 Å². The molecule has 0 bridgehead atoms. The first-order chi connectivity index (χ1) is 12.7. The highest BCUT2D eigenvalue weighted by atomic mass is 35.5. The van der Waals surface area contributed by atoms with E-state index in [1.165, 1.54) is 22.3 Å². The van der Waals surface area contributed by atoms with Gasteiger partial charge >= 0.3 is 0 Å². The van der Waals surface area contributed by atoms with E-state index in [0.717, 1.165) is 23.6 Å². The summed E-state index contributed by atoms with van der Waals surface area (Å²) in [7, 11) is 0. The zero-order chi connectivity index (χ0) is 17.7. The Morgan fingerprint density at radius 1 is 0.885 bits per heavy atom. The van der Waals surface area contributed by atoms with Gasteiger partial charge in [0.15, 0.2) is 0 Å². The molecule has 1 aliphatic heterocycles. The normalized spacial score (nSPS) is 20.3. The van der Waals surface area contributed by atoms with Crippen LogP contribution in [0.2, 0.25) is 5.02 Å². The summed E-state index contributed by atoms with van der Waals surface area (Å²) in [5.74, 6) is 0. The molecular weight excluding hydrogens is 340 g/mol. The highest BCUT2D eigenvalue weighted by molar-refractivity contribution is 6.30. The summed E-state index contributed by atoms with van der Waals surface area (Å²) in [6, 6.07) is 26.1. The smallest absolute Gasteiger partial charge is 0.0617 e. The van der Waals surface area contributed by atoms with Crippen LogP contribution in [0.15, 0.2) is 72.8 Å². The van der Waals surface area contributed by atoms with Crippen molar-refractivity contribution in [1.82, 2.24) is 4.90 Å². The molecule has 1 saturated heterocycles. The van der Waals surface area contributed by atoms with Crippen LogP contribution in [0, 0.1) is 0 Å². The molecule has 3 aromatic rings. The lowest BCUT2D eigenvalue weighted by Crippen LogP contribution is -2.54. The van der Waals surface area contributed by atoms with Crippen molar-refractivity contribution in [2.75, 3.05) is 6.54 Å². The summed E-state index contributed by atoms with van der Waals surface area (Å²) in [6.45, 7) is 1.08. The fourth-order valence-corrected chi connectivity index (χ4v) is 4.75. The van der Waals surface area contributed by atoms with Gasteiger partial charge in [0, 0.05) is 23.7 Å². The lowest BCUT2D eigenvalue weighted by atomic mass is 9.87. The number of halogens is 1. The largest absolute Gasteiger partial charge is 0.323 e. The summed E-state index contributed by atoms with van der Waals surface area (Å²) in [4.78, 5) is 2.57. The van der Waals surface area contributed by atoms with Crippen molar-refractivity contribution in [2.24, 2.45) is 5.73 Å². The fourth-order valence-electron chi connectivity index (χ4n) is 4.56. The average Bonchev–Trinajstić information content (AvgIpc) is 2.96. The van der Waals surface area contributed by atoms with E-state index >= 15 is 0 Å². The Morgan fingerprint density at radius 3 is 2.12 bits per heavy atom. The van der Waals surface area contributed by atoms with E-state index in [0.29, 0.717) is 12.1 Å². The van der Waals surface area contributed by atoms with Gasteiger partial charge in [0.1, 0.15) is 0 Å². The second kappa shape index (κ2) is 6.24. The molecule has 2 aliphatic rings. The minimum absolute atomic E-state index is 0.0256. The van der Waals surface area contributed by atoms with Gasteiger partial charge in [0.05, 0.1) is 6.04 Å². The molecule has 3 aromatic carbocycles. The first-order valence-corrected chi connectivity index (χ1v) is 9.57. The molecule has 5 rings (SSSR count). The molecule has 26 heavy (non-hydrogen) atoms. The lowest BCUT2D eigenvalue weighted by molar-refractivity contribution is 0.0409. The third-order valence-corrected chi connectivity index (χ3v) is 6.12. The van der Waals surface area contributed by atoms with Crippen LogP contribution in [-0.4, -0.2) is 17.5 Å². The Labute approximate surface area is 159 Å². The fraction of sp³-hybridized carbons (Fsp3) is 0.217. The summed E-state index contributed by atoms with van der Waals surface area (Å²) >= 11 is 6.18. The summed E-state index contributed by atoms with van der Waals surface area (Å²) in [5, 5.41) is 0.750. The van der Waals surface area contributed by atoms with Crippen molar-refractivity contribution in [2.45, 2.75) is 24.5 Å². The van der Waals surface area contributed by atoms with Crippen LogP contribution in [0.25, 0.3) is 11.1 Å². The maximum Gasteiger partial charge on any atom is 0.0617 e. The number of fused-ring (bicyclic) bond motifs is 3. The molecule has 2 nitrogen and oxygen atoms in total. The molecule has 130 valence electrons. The molecule has 1 heterocycles. The van der Waals surface area contributed by atoms with E-state index in [1.807, 2.05) is 18.2 Å². The molecule has 0 saturated carbocycles. The second-order valence-corrected chi connectivity index (χ2v) is 7.69. The Hall–Kier alpha value is -2.13. The van der Waals surface area contributed by atoms with Crippen LogP contribution >= 0.6 is 11.6 Å². The number of hydrogen-bond acceptors (Lipinski definition) is 2. The summed E-state index contributed by atoms with van der Waals surface area (Å²) < 4.78 is 0. The van der Waals surface area contributed by atoms with Gasteiger partial charge in [-0.05, 0) is 46.4 Å². The third-order valence-electron chi connectivity index (χ3n) is 5.89. The van der Waals surface area contributed by atoms with Crippen molar-refractivity contribution in [1.29, 1.82) is 0 Å². The topological polar surface area (TPSA) is 29.3 Å². The van der Waals surface area contributed by atoms with Crippen LogP contribution in [-0.2, 0) is 0 Å². The van der Waals surface area contributed by atoms with Crippen LogP contribution in [0.1, 0.15) is 35.2 Å². The van der Waals surface area contributed by atoms with Crippen LogP contribution in [0.3, 0.4) is 0 Å². The van der Waals surface area contributed by atoms with Gasteiger partial charge in [-0.25, -0.2) is 0 Å². The molecule has 0 spiro atoms. The Bertz CT molecular complexity index is 922. The van der Waals surface area contributed by atoms with Gasteiger partial charge in [-0.1, -0.05) is 72.3 Å². The Kier molecular flexibility index (Phi) is 3.86. The highest BCUT2D eigenvalue weighted by Crippen LogP contribution is 2.49. The molecular formula is C23H21ClN2. The zero-order valence-electron chi connectivity index (χ0n) is 14.5. The number of likely N-dealkylation sites (tertiary alicyclic amines) is 1. The third kappa shape index (κ3) is 2.41. The number of nitrogens with two attached hydrogens (primary N) is 1. The predicted molar refractivity (Wildman–Crippen MR) is 107 cm³/mol. The number of hydrogen-bond donors (Lipinski definition) is 1. The monoisotopic (exact) mass is 360 g/mol. The summed E-state index contributed by atoms with van der Waals surface area (Å²) in [5.41, 5.74) is 13.3. The summed E-state index contributed by atoms with van der Waals surface area (Å²) in [6.07, 6.45) is 1.12. The van der Waals surface area contributed by atoms with E-state index in [4.69, 9.17) is 17.3 Å². The van der Waals surface area contributed by atoms with Crippen LogP contribution in [0.4, 0.5) is 0 Å². The average molecular weight is 361 g/mol. The molecule has 2 N–H and O–H groups in total. The van der Waals surface area contributed by atoms with Gasteiger partial charge in [0.25, 0.3) is 0 Å². The van der Waals surface area contributed by atoms with Gasteiger partial charge in [0.2, 0.25) is 0 Å². The van der Waals surface area contributed by atoms with Gasteiger partial charge in [-0.3, -0.25) is 4.90 Å². The lowest BCUT2D eigenvalue weighted by Gasteiger charge is -2.48. The number of nitrogens with zero attached hydrogens (tertiary/aromatic N) is 1. The molecule has 3 heteroatoms. The Morgan fingerprint density at radius 2 is 1.54 bits per heavy atom. The first kappa shape index (κ1) is 16.1. The predicted octanol–water partition coefficient (Wildman–Crippen LogP) is 5.18. The molecule has 0 amide bonds. The maximum atomic E-state index is 6.67. The quantitative estimate of drug-likeness (QED) is 0.697. The van der Waals surface area contributed by atoms with Crippen LogP contribution in [0.5, 0.6) is 0 Å². The standard InChI is InChI=1S/C23H21ClN2/c24-16-7-5-6-15(14-16)22(25)21-12-13-26(21)23-19-10-3-1-8-17(19)18-9-2-4-11-20(18)23/h1-11,14,21-23H,12-13,25H2/t21-,22+/m0/s1. The molecule has 2 atom stereocenters. The van der Waals surface area contributed by atoms with Crippen LogP contribution < -0.4 is 5.73 Å². The molecule has 0 aromatic heterocycles. The number of benzene rings is 3. The first-order valence-electron chi connectivity index (χ1n) is 9.19. The van der Waals surface area contributed by atoms with Crippen molar-refractivity contribution < 1.29 is 0 Å². The van der Waals surface area contributed by atoms with E-state index in [2.05, 4.69) is 59.5 Å². The van der Waals surface area contributed by atoms with Gasteiger partial charge in [-0.2, -0.15) is 0 Å². The van der Waals surface area contributed by atoms with Crippen molar-refractivity contribution in [3.8, 4) is 11.1 Å². The van der Waals surface area contributed by atoms with Crippen molar-refractivity contribution >= 4 is 11.6 Å². The van der Waals surface area contributed by atoms with E-state index < -0.39 is 0 Å². The van der Waals surface area contributed by atoms with E-state index in [-0.39, 0.29) is 6.04 Å². The minimum Gasteiger partial charge on any atom is -0.323 e. The highest BCUT2D eigenvalue weighted by Gasteiger charge is 2.42. The zero-order valence-corrected chi connectivity index (χ0v) is 15.2. The molecule has 0 unspecified atom stereocenters. The van der Waals surface area contributed by atoms with Gasteiger partial charge in [-0.15, -0.1) is 0 Å². The SMILES string of the molecule is N[C@H](c1cccc(Cl)c1)[C@@H]1CCN1C1c2ccccc2-c2ccccc21. The number of rotatable bonds is 3. The molecule has 1 fully saturated rings. The Balaban J connectivity index is 1.52. The second-order valence-electron chi connectivity index (χ2n) is 7.25. The van der Waals surface area contributed by atoms with Crippen molar-refractivity contribution in [3.63, 3.8) is 0 Å². The van der Waals surface area contributed by atoms with E-state index in [9.17, 15) is 0 Å². The van der Waals surface area contributed by atoms with E-state index in [1.54, 1.807) is 0 Å². The molecule has 0 radical (unpaired) electrons. The minimum atomic E-state index is -0.0256. The maximum absolute atomic E-state index is 6.67. The van der Waals surface area contributed by atoms with Gasteiger partial charge < -0.3 is 5.73 Å².